The summed E-state index contributed by atoms with van der Waals surface area (Å²) < 4.78 is 45.9. The first-order valence-electron chi connectivity index (χ1n) is 3.50. The standard InChI is InChI=1S/C6H6F2N2O4S/c7-5(8)2-1-3(11)4(12)6(10-2)15(9,13)14/h1,5,12H,(H,10,11)(H2,9,13,14). The zero-order valence-corrected chi connectivity index (χ0v) is 7.88. The number of primary sulfonamides is 1. The SMILES string of the molecule is NS(=O)(=O)c1[nH]c(C(F)F)cc(=O)c1O. The lowest BCUT2D eigenvalue weighted by Gasteiger charge is -2.05. The van der Waals surface area contributed by atoms with Gasteiger partial charge < -0.3 is 10.1 Å². The highest BCUT2D eigenvalue weighted by Crippen LogP contribution is 2.20. The summed E-state index contributed by atoms with van der Waals surface area (Å²) in [6.07, 6.45) is -3.07. The number of hydrogen-bond donors (Lipinski definition) is 3. The van der Waals surface area contributed by atoms with Crippen LogP contribution in [0.1, 0.15) is 12.1 Å². The third kappa shape index (κ3) is 2.30. The van der Waals surface area contributed by atoms with Crippen molar-refractivity contribution in [3.05, 3.63) is 22.0 Å². The second-order valence-corrected chi connectivity index (χ2v) is 4.11. The molecule has 84 valence electrons. The lowest BCUT2D eigenvalue weighted by atomic mass is 10.3. The van der Waals surface area contributed by atoms with E-state index in [1.54, 1.807) is 4.98 Å². The lowest BCUT2D eigenvalue weighted by molar-refractivity contribution is 0.145. The van der Waals surface area contributed by atoms with Gasteiger partial charge in [-0.05, 0) is 0 Å². The van der Waals surface area contributed by atoms with Crippen LogP contribution < -0.4 is 10.6 Å². The van der Waals surface area contributed by atoms with E-state index in [2.05, 4.69) is 5.14 Å². The zero-order valence-electron chi connectivity index (χ0n) is 7.07. The molecule has 0 amide bonds. The van der Waals surface area contributed by atoms with E-state index in [0.29, 0.717) is 6.07 Å². The van der Waals surface area contributed by atoms with Crippen molar-refractivity contribution in [1.82, 2.24) is 4.98 Å². The molecule has 6 nitrogen and oxygen atoms in total. The second kappa shape index (κ2) is 3.59. The van der Waals surface area contributed by atoms with Crippen LogP contribution in [0.25, 0.3) is 0 Å². The van der Waals surface area contributed by atoms with Crippen molar-refractivity contribution in [3.8, 4) is 5.75 Å². The van der Waals surface area contributed by atoms with Gasteiger partial charge in [0.05, 0.1) is 5.69 Å². The Bertz CT molecular complexity index is 537. The molecule has 0 aliphatic heterocycles. The number of nitrogens with one attached hydrogen (secondary N) is 1. The van der Waals surface area contributed by atoms with Gasteiger partial charge in [-0.15, -0.1) is 0 Å². The Morgan fingerprint density at radius 3 is 2.40 bits per heavy atom. The van der Waals surface area contributed by atoms with Crippen LogP contribution in [0, 0.1) is 0 Å². The highest BCUT2D eigenvalue weighted by Gasteiger charge is 2.21. The molecule has 0 aromatic carbocycles. The largest absolute Gasteiger partial charge is 0.502 e. The Hall–Kier alpha value is -1.48. The smallest absolute Gasteiger partial charge is 0.278 e. The van der Waals surface area contributed by atoms with Gasteiger partial charge in [-0.25, -0.2) is 22.3 Å². The molecule has 0 fully saturated rings. The number of nitrogens with two attached hydrogens (primary N) is 1. The number of hydrogen-bond acceptors (Lipinski definition) is 4. The van der Waals surface area contributed by atoms with Gasteiger partial charge in [-0.1, -0.05) is 0 Å². The molecule has 0 spiro atoms. The van der Waals surface area contributed by atoms with Crippen LogP contribution in [-0.2, 0) is 10.0 Å². The molecule has 0 bridgehead atoms. The Balaban J connectivity index is 3.60. The average Bonchev–Trinajstić information content (AvgIpc) is 2.06. The van der Waals surface area contributed by atoms with Gasteiger partial charge in [0.2, 0.25) is 11.2 Å². The van der Waals surface area contributed by atoms with Crippen LogP contribution in [-0.4, -0.2) is 18.5 Å². The maximum absolute atomic E-state index is 12.2. The zero-order chi connectivity index (χ0) is 11.8. The summed E-state index contributed by atoms with van der Waals surface area (Å²) in [5, 5.41) is 12.5. The van der Waals surface area contributed by atoms with Crippen LogP contribution in [0.15, 0.2) is 15.9 Å². The number of halogens is 2. The number of aromatic nitrogens is 1. The van der Waals surface area contributed by atoms with E-state index in [4.69, 9.17) is 5.11 Å². The summed E-state index contributed by atoms with van der Waals surface area (Å²) in [5.41, 5.74) is -2.17. The fraction of sp³-hybridized carbons (Fsp3) is 0.167. The van der Waals surface area contributed by atoms with Gasteiger partial charge in [-0.3, -0.25) is 4.79 Å². The highest BCUT2D eigenvalue weighted by atomic mass is 32.2. The van der Waals surface area contributed by atoms with Gasteiger partial charge in [-0.2, -0.15) is 0 Å². The third-order valence-corrected chi connectivity index (χ3v) is 2.38. The maximum Gasteiger partial charge on any atom is 0.278 e. The van der Waals surface area contributed by atoms with Crippen molar-refractivity contribution in [3.63, 3.8) is 0 Å². The van der Waals surface area contributed by atoms with Gasteiger partial charge in [0.1, 0.15) is 0 Å². The number of rotatable bonds is 2. The average molecular weight is 240 g/mol. The Kier molecular flexibility index (Phi) is 2.77. The quantitative estimate of drug-likeness (QED) is 0.656. The molecule has 1 heterocycles. The predicted molar refractivity (Wildman–Crippen MR) is 45.1 cm³/mol. The number of alkyl halides is 2. The Morgan fingerprint density at radius 2 is 2.00 bits per heavy atom. The third-order valence-electron chi connectivity index (χ3n) is 1.51. The first kappa shape index (κ1) is 11.6. The Morgan fingerprint density at radius 1 is 1.47 bits per heavy atom. The monoisotopic (exact) mass is 240 g/mol. The molecule has 0 saturated heterocycles. The number of sulfonamides is 1. The topological polar surface area (TPSA) is 113 Å². The molecule has 15 heavy (non-hydrogen) atoms. The van der Waals surface area contributed by atoms with Crippen LogP contribution in [0.3, 0.4) is 0 Å². The summed E-state index contributed by atoms with van der Waals surface area (Å²) >= 11 is 0. The summed E-state index contributed by atoms with van der Waals surface area (Å²) in [6.45, 7) is 0. The molecule has 0 saturated carbocycles. The summed E-state index contributed by atoms with van der Waals surface area (Å²) in [7, 11) is -4.45. The van der Waals surface area contributed by atoms with E-state index in [1.807, 2.05) is 0 Å². The predicted octanol–water partition coefficient (Wildman–Crippen LogP) is -0.334. The molecule has 0 radical (unpaired) electrons. The molecule has 0 unspecified atom stereocenters. The minimum absolute atomic E-state index is 0.397. The van der Waals surface area contributed by atoms with E-state index >= 15 is 0 Å². The van der Waals surface area contributed by atoms with E-state index < -0.39 is 38.3 Å². The van der Waals surface area contributed by atoms with Crippen LogP contribution in [0.5, 0.6) is 5.75 Å². The van der Waals surface area contributed by atoms with Crippen LogP contribution in [0.2, 0.25) is 0 Å². The molecule has 9 heteroatoms. The van der Waals surface area contributed by atoms with Crippen molar-refractivity contribution >= 4 is 10.0 Å². The lowest BCUT2D eigenvalue weighted by Crippen LogP contribution is -2.19. The molecular formula is C6H6F2N2O4S. The van der Waals surface area contributed by atoms with Crippen molar-refractivity contribution in [2.45, 2.75) is 11.5 Å². The Labute approximate surface area is 82.4 Å². The van der Waals surface area contributed by atoms with Gasteiger partial charge in [0, 0.05) is 6.07 Å². The van der Waals surface area contributed by atoms with E-state index in [1.165, 1.54) is 0 Å². The summed E-state index contributed by atoms with van der Waals surface area (Å²) in [6, 6.07) is 0.397. The first-order valence-corrected chi connectivity index (χ1v) is 5.05. The van der Waals surface area contributed by atoms with Crippen molar-refractivity contribution in [2.24, 2.45) is 5.14 Å². The number of aromatic hydroxyl groups is 1. The number of H-pyrrole nitrogens is 1. The molecule has 0 aliphatic carbocycles. The molecule has 1 aromatic heterocycles. The highest BCUT2D eigenvalue weighted by molar-refractivity contribution is 7.89. The van der Waals surface area contributed by atoms with E-state index in [0.717, 1.165) is 0 Å². The van der Waals surface area contributed by atoms with Crippen LogP contribution >= 0.6 is 0 Å². The van der Waals surface area contributed by atoms with Crippen LogP contribution in [0.4, 0.5) is 8.78 Å². The van der Waals surface area contributed by atoms with Gasteiger partial charge in [0.25, 0.3) is 16.4 Å². The minimum atomic E-state index is -4.45. The first-order chi connectivity index (χ1) is 6.73. The molecule has 1 aromatic rings. The summed E-state index contributed by atoms with van der Waals surface area (Å²) in [5.74, 6) is -1.21. The van der Waals surface area contributed by atoms with Crippen molar-refractivity contribution < 1.29 is 22.3 Å². The van der Waals surface area contributed by atoms with E-state index in [9.17, 15) is 22.0 Å². The van der Waals surface area contributed by atoms with Crippen molar-refractivity contribution in [1.29, 1.82) is 0 Å². The normalized spacial score (nSPS) is 12.0. The molecule has 0 atom stereocenters. The molecule has 4 N–H and O–H groups in total. The molecule has 1 rings (SSSR count). The minimum Gasteiger partial charge on any atom is -0.502 e. The second-order valence-electron chi connectivity index (χ2n) is 2.61. The number of aromatic amines is 1. The van der Waals surface area contributed by atoms with Gasteiger partial charge >= 0.3 is 0 Å². The molecule has 0 aliphatic rings. The fourth-order valence-electron chi connectivity index (χ4n) is 0.871. The fourth-order valence-corrected chi connectivity index (χ4v) is 1.50. The number of pyridine rings is 1. The summed E-state index contributed by atoms with van der Waals surface area (Å²) in [4.78, 5) is 12.6. The molecular weight excluding hydrogens is 234 g/mol. The maximum atomic E-state index is 12.2. The van der Waals surface area contributed by atoms with E-state index in [-0.39, 0.29) is 0 Å². The van der Waals surface area contributed by atoms with Gasteiger partial charge in [0.15, 0.2) is 5.03 Å². The van der Waals surface area contributed by atoms with Crippen molar-refractivity contribution in [2.75, 3.05) is 0 Å².